The van der Waals surface area contributed by atoms with Crippen molar-refractivity contribution in [2.24, 2.45) is 11.8 Å². The molecular weight excluding hydrogens is 502 g/mol. The van der Waals surface area contributed by atoms with Crippen molar-refractivity contribution in [3.05, 3.63) is 64.7 Å². The zero-order valence-corrected chi connectivity index (χ0v) is 26.3. The molecule has 2 aromatic rings. The van der Waals surface area contributed by atoms with Crippen molar-refractivity contribution < 1.29 is 9.53 Å². The van der Waals surface area contributed by atoms with E-state index in [2.05, 4.69) is 51.1 Å². The van der Waals surface area contributed by atoms with Crippen LogP contribution in [0.15, 0.2) is 42.5 Å². The van der Waals surface area contributed by atoms with Gasteiger partial charge in [-0.2, -0.15) is 5.26 Å². The number of hydrogen-bond donors (Lipinski definition) is 0. The molecular formula is C38H55NO2. The highest BCUT2D eigenvalue weighted by atomic mass is 16.5. The molecule has 0 spiro atoms. The van der Waals surface area contributed by atoms with Crippen LogP contribution in [0.3, 0.4) is 0 Å². The van der Waals surface area contributed by atoms with Crippen molar-refractivity contribution in [3.63, 3.8) is 0 Å². The summed E-state index contributed by atoms with van der Waals surface area (Å²) in [4.78, 5) is 13.0. The average Bonchev–Trinajstić information content (AvgIpc) is 3.01. The summed E-state index contributed by atoms with van der Waals surface area (Å²) in [6.45, 7) is 6.74. The van der Waals surface area contributed by atoms with Crippen LogP contribution in [0, 0.1) is 23.2 Å². The number of carbonyl (C=O) groups is 1. The topological polar surface area (TPSA) is 50.1 Å². The molecule has 3 rings (SSSR count). The molecule has 2 aromatic carbocycles. The van der Waals surface area contributed by atoms with Gasteiger partial charge in [0.1, 0.15) is 11.8 Å². The minimum Gasteiger partial charge on any atom is -0.425 e. The SMILES string of the molecule is CCCCCCCCCCc1ccc(C2CCC(C(=O)Oc3ccc(CC(CC)CCCC)cc3C#N)CC2)cc1. The maximum absolute atomic E-state index is 13.0. The molecule has 1 aliphatic carbocycles. The van der Waals surface area contributed by atoms with Crippen LogP contribution in [-0.4, -0.2) is 5.97 Å². The van der Waals surface area contributed by atoms with Gasteiger partial charge in [0.05, 0.1) is 11.5 Å². The first-order chi connectivity index (χ1) is 20.1. The van der Waals surface area contributed by atoms with E-state index in [1.165, 1.54) is 88.2 Å². The highest BCUT2D eigenvalue weighted by Gasteiger charge is 2.29. The molecule has 0 bridgehead atoms. The number of hydrogen-bond acceptors (Lipinski definition) is 3. The van der Waals surface area contributed by atoms with Crippen LogP contribution < -0.4 is 4.74 Å². The van der Waals surface area contributed by atoms with E-state index in [1.807, 2.05) is 18.2 Å². The van der Waals surface area contributed by atoms with Gasteiger partial charge in [0, 0.05) is 0 Å². The monoisotopic (exact) mass is 557 g/mol. The van der Waals surface area contributed by atoms with Gasteiger partial charge in [-0.15, -0.1) is 0 Å². The Morgan fingerprint density at radius 1 is 0.829 bits per heavy atom. The average molecular weight is 558 g/mol. The van der Waals surface area contributed by atoms with Gasteiger partial charge in [-0.3, -0.25) is 4.79 Å². The van der Waals surface area contributed by atoms with Gasteiger partial charge in [0.15, 0.2) is 0 Å². The van der Waals surface area contributed by atoms with E-state index in [1.54, 1.807) is 0 Å². The number of benzene rings is 2. The molecule has 3 nitrogen and oxygen atoms in total. The fourth-order valence-electron chi connectivity index (χ4n) is 6.43. The van der Waals surface area contributed by atoms with Gasteiger partial charge < -0.3 is 4.74 Å². The van der Waals surface area contributed by atoms with E-state index < -0.39 is 0 Å². The maximum atomic E-state index is 13.0. The molecule has 1 unspecified atom stereocenters. The predicted molar refractivity (Wildman–Crippen MR) is 171 cm³/mol. The summed E-state index contributed by atoms with van der Waals surface area (Å²) in [5.74, 6) is 1.30. The van der Waals surface area contributed by atoms with E-state index >= 15 is 0 Å². The molecule has 1 atom stereocenters. The molecule has 0 heterocycles. The number of unbranched alkanes of at least 4 members (excludes halogenated alkanes) is 8. The van der Waals surface area contributed by atoms with Crippen LogP contribution in [-0.2, 0) is 17.6 Å². The molecule has 1 aliphatic rings. The third-order valence-corrected chi connectivity index (χ3v) is 9.27. The summed E-state index contributed by atoms with van der Waals surface area (Å²) in [5, 5.41) is 9.75. The third-order valence-electron chi connectivity index (χ3n) is 9.27. The highest BCUT2D eigenvalue weighted by molar-refractivity contribution is 5.76. The van der Waals surface area contributed by atoms with Crippen molar-refractivity contribution in [1.82, 2.24) is 0 Å². The van der Waals surface area contributed by atoms with E-state index in [9.17, 15) is 10.1 Å². The number of ether oxygens (including phenoxy) is 1. The first kappa shape index (κ1) is 32.9. The van der Waals surface area contributed by atoms with Crippen molar-refractivity contribution >= 4 is 5.97 Å². The van der Waals surface area contributed by atoms with Crippen LogP contribution in [0.1, 0.15) is 152 Å². The molecule has 41 heavy (non-hydrogen) atoms. The standard InChI is InChI=1S/C38H55NO2/c1-4-7-9-10-11-12-13-14-16-31-17-20-33(21-18-31)34-22-24-35(25-23-34)38(40)41-37-26-19-32(28-36(37)29-39)27-30(6-3)15-8-5-2/h17-21,26,28,30,34-35H,4-16,22-25,27H2,1-3H3. The lowest BCUT2D eigenvalue weighted by atomic mass is 9.78. The zero-order chi connectivity index (χ0) is 29.3. The Labute approximate surface area is 251 Å². The Hall–Kier alpha value is -2.60. The van der Waals surface area contributed by atoms with Crippen LogP contribution in [0.5, 0.6) is 5.75 Å². The molecule has 1 fully saturated rings. The van der Waals surface area contributed by atoms with Crippen LogP contribution in [0.2, 0.25) is 0 Å². The van der Waals surface area contributed by atoms with Crippen molar-refractivity contribution in [2.45, 2.75) is 142 Å². The van der Waals surface area contributed by atoms with E-state index in [-0.39, 0.29) is 11.9 Å². The number of esters is 1. The molecule has 1 saturated carbocycles. The molecule has 0 saturated heterocycles. The molecule has 0 N–H and O–H groups in total. The highest BCUT2D eigenvalue weighted by Crippen LogP contribution is 2.37. The second-order valence-corrected chi connectivity index (χ2v) is 12.5. The first-order valence-corrected chi connectivity index (χ1v) is 16.9. The number of nitrogens with zero attached hydrogens (tertiary/aromatic N) is 1. The van der Waals surface area contributed by atoms with Gasteiger partial charge in [0.2, 0.25) is 0 Å². The predicted octanol–water partition coefficient (Wildman–Crippen LogP) is 10.9. The fraction of sp³-hybridized carbons (Fsp3) is 0.632. The van der Waals surface area contributed by atoms with E-state index in [0.717, 1.165) is 44.1 Å². The van der Waals surface area contributed by atoms with Crippen molar-refractivity contribution in [1.29, 1.82) is 5.26 Å². The van der Waals surface area contributed by atoms with E-state index in [4.69, 9.17) is 4.74 Å². The number of rotatable bonds is 18. The minimum atomic E-state index is -0.178. The summed E-state index contributed by atoms with van der Waals surface area (Å²) in [6, 6.07) is 17.3. The van der Waals surface area contributed by atoms with Gasteiger partial charge in [0.25, 0.3) is 0 Å². The molecule has 224 valence electrons. The Morgan fingerprint density at radius 2 is 1.46 bits per heavy atom. The second kappa shape index (κ2) is 18.8. The third kappa shape index (κ3) is 11.3. The lowest BCUT2D eigenvalue weighted by molar-refractivity contribution is -0.140. The molecule has 0 aromatic heterocycles. The largest absolute Gasteiger partial charge is 0.425 e. The number of nitriles is 1. The normalized spacial score (nSPS) is 17.6. The quantitative estimate of drug-likeness (QED) is 0.104. The summed E-state index contributed by atoms with van der Waals surface area (Å²) in [5.41, 5.74) is 4.49. The van der Waals surface area contributed by atoms with Gasteiger partial charge in [-0.05, 0) is 85.6 Å². The smallest absolute Gasteiger partial charge is 0.314 e. The Morgan fingerprint density at radius 3 is 2.10 bits per heavy atom. The summed E-state index contributed by atoms with van der Waals surface area (Å²) in [6.07, 6.45) is 21.6. The van der Waals surface area contributed by atoms with Crippen LogP contribution >= 0.6 is 0 Å². The fourth-order valence-corrected chi connectivity index (χ4v) is 6.43. The van der Waals surface area contributed by atoms with Gasteiger partial charge >= 0.3 is 5.97 Å². The Kier molecular flexibility index (Phi) is 15.1. The first-order valence-electron chi connectivity index (χ1n) is 16.9. The lowest BCUT2D eigenvalue weighted by Crippen LogP contribution is -2.25. The molecule has 0 aliphatic heterocycles. The van der Waals surface area contributed by atoms with Crippen molar-refractivity contribution in [3.8, 4) is 11.8 Å². The van der Waals surface area contributed by atoms with Gasteiger partial charge in [-0.25, -0.2) is 0 Å². The zero-order valence-electron chi connectivity index (χ0n) is 26.3. The summed E-state index contributed by atoms with van der Waals surface area (Å²) in [7, 11) is 0. The van der Waals surface area contributed by atoms with Crippen molar-refractivity contribution in [2.75, 3.05) is 0 Å². The molecule has 0 radical (unpaired) electrons. The second-order valence-electron chi connectivity index (χ2n) is 12.5. The van der Waals surface area contributed by atoms with Crippen LogP contribution in [0.4, 0.5) is 0 Å². The van der Waals surface area contributed by atoms with Gasteiger partial charge in [-0.1, -0.05) is 122 Å². The molecule has 3 heteroatoms. The number of aryl methyl sites for hydroxylation is 1. The lowest BCUT2D eigenvalue weighted by Gasteiger charge is -2.27. The Bertz CT molecular complexity index is 1060. The van der Waals surface area contributed by atoms with Crippen LogP contribution in [0.25, 0.3) is 0 Å². The molecule has 0 amide bonds. The summed E-state index contributed by atoms with van der Waals surface area (Å²) >= 11 is 0. The Balaban J connectivity index is 1.42. The number of carbonyl (C=O) groups excluding carboxylic acids is 1. The minimum absolute atomic E-state index is 0.0859. The van der Waals surface area contributed by atoms with E-state index in [0.29, 0.717) is 23.1 Å². The summed E-state index contributed by atoms with van der Waals surface area (Å²) < 4.78 is 5.80. The maximum Gasteiger partial charge on any atom is 0.314 e.